The van der Waals surface area contributed by atoms with Crippen molar-refractivity contribution in [2.24, 2.45) is 5.92 Å². The zero-order valence-electron chi connectivity index (χ0n) is 10.1. The predicted molar refractivity (Wildman–Crippen MR) is 75.5 cm³/mol. The Labute approximate surface area is 112 Å². The highest BCUT2D eigenvalue weighted by Crippen LogP contribution is 2.21. The van der Waals surface area contributed by atoms with Crippen molar-refractivity contribution >= 4 is 27.5 Å². The van der Waals surface area contributed by atoms with E-state index in [0.717, 1.165) is 16.9 Å². The van der Waals surface area contributed by atoms with Crippen molar-refractivity contribution in [1.82, 2.24) is 4.90 Å². The minimum absolute atomic E-state index is 0.429. The lowest BCUT2D eigenvalue weighted by Crippen LogP contribution is -2.28. The summed E-state index contributed by atoms with van der Waals surface area (Å²) < 4.78 is 0. The van der Waals surface area contributed by atoms with Gasteiger partial charge in [-0.2, -0.15) is 0 Å². The maximum absolute atomic E-state index is 5.88. The highest BCUT2D eigenvalue weighted by molar-refractivity contribution is 9.09. The molecule has 0 saturated heterocycles. The molecule has 0 aromatic heterocycles. The second-order valence-corrected chi connectivity index (χ2v) is 5.51. The van der Waals surface area contributed by atoms with Gasteiger partial charge in [0.05, 0.1) is 0 Å². The molecule has 2 unspecified atom stereocenters. The molecule has 0 aliphatic carbocycles. The van der Waals surface area contributed by atoms with E-state index >= 15 is 0 Å². The topological polar surface area (TPSA) is 3.24 Å². The van der Waals surface area contributed by atoms with E-state index in [9.17, 15) is 0 Å². The molecule has 0 saturated carbocycles. The Morgan fingerprint density at radius 1 is 1.25 bits per heavy atom. The van der Waals surface area contributed by atoms with E-state index in [1.807, 2.05) is 12.1 Å². The molecule has 0 aliphatic heterocycles. The first-order valence-electron chi connectivity index (χ1n) is 5.56. The zero-order chi connectivity index (χ0) is 12.1. The fourth-order valence-corrected chi connectivity index (χ4v) is 2.03. The van der Waals surface area contributed by atoms with Crippen LogP contribution in [0.4, 0.5) is 0 Å². The molecule has 16 heavy (non-hydrogen) atoms. The molecule has 90 valence electrons. The second kappa shape index (κ2) is 6.63. The third-order valence-electron chi connectivity index (χ3n) is 2.88. The van der Waals surface area contributed by atoms with Crippen LogP contribution in [0.1, 0.15) is 25.5 Å². The number of hydrogen-bond donors (Lipinski definition) is 0. The first-order valence-corrected chi connectivity index (χ1v) is 7.06. The van der Waals surface area contributed by atoms with Crippen LogP contribution in [0.3, 0.4) is 0 Å². The van der Waals surface area contributed by atoms with Crippen LogP contribution < -0.4 is 0 Å². The normalized spacial score (nSPS) is 15.1. The summed E-state index contributed by atoms with van der Waals surface area (Å²) in [7, 11) is 2.17. The van der Waals surface area contributed by atoms with E-state index in [-0.39, 0.29) is 0 Å². The molecule has 2 atom stereocenters. The molecule has 0 amide bonds. The molecular formula is C13H19BrClN. The molecule has 1 aromatic rings. The van der Waals surface area contributed by atoms with Crippen LogP contribution >= 0.6 is 27.5 Å². The molecule has 1 aromatic carbocycles. The van der Waals surface area contributed by atoms with Gasteiger partial charge >= 0.3 is 0 Å². The summed E-state index contributed by atoms with van der Waals surface area (Å²) in [6, 6.07) is 8.54. The Morgan fingerprint density at radius 2 is 1.81 bits per heavy atom. The molecule has 0 spiro atoms. The average molecular weight is 305 g/mol. The monoisotopic (exact) mass is 303 g/mol. The standard InChI is InChI=1S/C13H19BrClN/c1-10(8-14)9-16(3)11(2)12-4-6-13(15)7-5-12/h4-7,10-11H,8-9H2,1-3H3. The molecule has 0 fully saturated rings. The molecular weight excluding hydrogens is 286 g/mol. The van der Waals surface area contributed by atoms with Gasteiger partial charge in [0.1, 0.15) is 0 Å². The van der Waals surface area contributed by atoms with Gasteiger partial charge in [-0.25, -0.2) is 0 Å². The first-order chi connectivity index (χ1) is 7.54. The molecule has 0 aliphatic rings. The number of rotatable bonds is 5. The van der Waals surface area contributed by atoms with E-state index in [2.05, 4.69) is 53.9 Å². The third kappa shape index (κ3) is 4.08. The third-order valence-corrected chi connectivity index (χ3v) is 4.23. The summed E-state index contributed by atoms with van der Waals surface area (Å²) in [5, 5.41) is 1.84. The molecule has 0 bridgehead atoms. The van der Waals surface area contributed by atoms with Crippen molar-refractivity contribution in [3.8, 4) is 0 Å². The van der Waals surface area contributed by atoms with Crippen LogP contribution in [0.15, 0.2) is 24.3 Å². The van der Waals surface area contributed by atoms with Gasteiger partial charge in [-0.15, -0.1) is 0 Å². The van der Waals surface area contributed by atoms with Crippen LogP contribution in [0.5, 0.6) is 0 Å². The fraction of sp³-hybridized carbons (Fsp3) is 0.538. The van der Waals surface area contributed by atoms with Crippen molar-refractivity contribution in [3.05, 3.63) is 34.9 Å². The van der Waals surface area contributed by atoms with Crippen molar-refractivity contribution < 1.29 is 0 Å². The lowest BCUT2D eigenvalue weighted by atomic mass is 10.1. The summed E-state index contributed by atoms with van der Waals surface area (Å²) in [5.74, 6) is 0.666. The highest BCUT2D eigenvalue weighted by Gasteiger charge is 2.13. The molecule has 0 radical (unpaired) electrons. The van der Waals surface area contributed by atoms with E-state index in [0.29, 0.717) is 12.0 Å². The average Bonchev–Trinajstić information content (AvgIpc) is 2.28. The molecule has 3 heteroatoms. The number of hydrogen-bond acceptors (Lipinski definition) is 1. The van der Waals surface area contributed by atoms with Crippen LogP contribution in [-0.2, 0) is 0 Å². The first kappa shape index (κ1) is 14.0. The van der Waals surface area contributed by atoms with Crippen LogP contribution in [0.2, 0.25) is 5.02 Å². The van der Waals surface area contributed by atoms with Crippen molar-refractivity contribution in [2.75, 3.05) is 18.9 Å². The van der Waals surface area contributed by atoms with Crippen LogP contribution in [-0.4, -0.2) is 23.8 Å². The predicted octanol–water partition coefficient (Wildman–Crippen LogP) is 4.36. The minimum atomic E-state index is 0.429. The molecule has 0 heterocycles. The maximum Gasteiger partial charge on any atom is 0.0406 e. The SMILES string of the molecule is CC(CBr)CN(C)C(C)c1ccc(Cl)cc1. The van der Waals surface area contributed by atoms with Gasteiger partial charge in [0.15, 0.2) is 0 Å². The van der Waals surface area contributed by atoms with E-state index in [1.54, 1.807) is 0 Å². The van der Waals surface area contributed by atoms with Gasteiger partial charge in [-0.3, -0.25) is 4.90 Å². The highest BCUT2D eigenvalue weighted by atomic mass is 79.9. The summed E-state index contributed by atoms with van der Waals surface area (Å²) >= 11 is 9.40. The Balaban J connectivity index is 2.62. The molecule has 0 N–H and O–H groups in total. The fourth-order valence-electron chi connectivity index (χ4n) is 1.69. The van der Waals surface area contributed by atoms with Crippen LogP contribution in [0.25, 0.3) is 0 Å². The second-order valence-electron chi connectivity index (χ2n) is 4.43. The Kier molecular flexibility index (Phi) is 5.81. The van der Waals surface area contributed by atoms with Crippen molar-refractivity contribution in [3.63, 3.8) is 0 Å². The van der Waals surface area contributed by atoms with Crippen molar-refractivity contribution in [1.29, 1.82) is 0 Å². The number of halogens is 2. The largest absolute Gasteiger partial charge is 0.299 e. The summed E-state index contributed by atoms with van der Waals surface area (Å²) in [5.41, 5.74) is 1.31. The zero-order valence-corrected chi connectivity index (χ0v) is 12.4. The Hall–Kier alpha value is -0.0500. The minimum Gasteiger partial charge on any atom is -0.299 e. The smallest absolute Gasteiger partial charge is 0.0406 e. The van der Waals surface area contributed by atoms with Gasteiger partial charge in [0, 0.05) is 22.9 Å². The quantitative estimate of drug-likeness (QED) is 0.730. The van der Waals surface area contributed by atoms with Gasteiger partial charge in [0.2, 0.25) is 0 Å². The van der Waals surface area contributed by atoms with Gasteiger partial charge in [-0.1, -0.05) is 46.6 Å². The number of benzene rings is 1. The lowest BCUT2D eigenvalue weighted by Gasteiger charge is -2.27. The summed E-state index contributed by atoms with van der Waals surface area (Å²) in [4.78, 5) is 2.37. The lowest BCUT2D eigenvalue weighted by molar-refractivity contribution is 0.235. The summed E-state index contributed by atoms with van der Waals surface area (Å²) in [6.07, 6.45) is 0. The Morgan fingerprint density at radius 3 is 2.31 bits per heavy atom. The van der Waals surface area contributed by atoms with E-state index in [4.69, 9.17) is 11.6 Å². The number of nitrogens with zero attached hydrogens (tertiary/aromatic N) is 1. The van der Waals surface area contributed by atoms with Gasteiger partial charge < -0.3 is 0 Å². The van der Waals surface area contributed by atoms with Gasteiger partial charge in [-0.05, 0) is 37.6 Å². The van der Waals surface area contributed by atoms with E-state index in [1.165, 1.54) is 5.56 Å². The summed E-state index contributed by atoms with van der Waals surface area (Å²) in [6.45, 7) is 5.57. The Bertz CT molecular complexity index is 312. The van der Waals surface area contributed by atoms with E-state index < -0.39 is 0 Å². The van der Waals surface area contributed by atoms with Gasteiger partial charge in [0.25, 0.3) is 0 Å². The number of alkyl halides is 1. The maximum atomic E-state index is 5.88. The molecule has 1 nitrogen and oxygen atoms in total. The molecule has 1 rings (SSSR count). The van der Waals surface area contributed by atoms with Crippen LogP contribution in [0, 0.1) is 5.92 Å². The van der Waals surface area contributed by atoms with Crippen molar-refractivity contribution in [2.45, 2.75) is 19.9 Å².